The summed E-state index contributed by atoms with van der Waals surface area (Å²) < 4.78 is 25.9. The van der Waals surface area contributed by atoms with Gasteiger partial charge in [0.1, 0.15) is 5.54 Å². The number of hydrogen-bond donors (Lipinski definition) is 3. The second-order valence-corrected chi connectivity index (χ2v) is 5.91. The Labute approximate surface area is 109 Å². The molecule has 0 unspecified atom stereocenters. The highest BCUT2D eigenvalue weighted by Gasteiger charge is 2.32. The van der Waals surface area contributed by atoms with Gasteiger partial charge in [0.05, 0.1) is 5.56 Å². The lowest BCUT2D eigenvalue weighted by molar-refractivity contribution is -0.122. The zero-order valence-electron chi connectivity index (χ0n) is 10.2. The number of carboxylic acid groups (broad SMARTS) is 1. The first-order valence-electron chi connectivity index (χ1n) is 5.09. The predicted molar refractivity (Wildman–Crippen MR) is 64.8 cm³/mol. The molecule has 0 saturated heterocycles. The van der Waals surface area contributed by atoms with Crippen LogP contribution in [0.3, 0.4) is 0 Å². The summed E-state index contributed by atoms with van der Waals surface area (Å²) >= 11 is 0. The van der Waals surface area contributed by atoms with Crippen molar-refractivity contribution >= 4 is 21.9 Å². The average molecular weight is 287 g/mol. The molecule has 0 saturated carbocycles. The van der Waals surface area contributed by atoms with Gasteiger partial charge in [0.15, 0.2) is 5.03 Å². The van der Waals surface area contributed by atoms with E-state index in [-0.39, 0.29) is 5.56 Å². The molecule has 0 radical (unpaired) electrons. The van der Waals surface area contributed by atoms with Gasteiger partial charge in [-0.3, -0.25) is 4.79 Å². The van der Waals surface area contributed by atoms with Gasteiger partial charge in [0.25, 0.3) is 10.0 Å². The van der Waals surface area contributed by atoms with Crippen LogP contribution < -0.4 is 10.5 Å². The maximum absolute atomic E-state index is 11.9. The Balaban J connectivity index is 3.08. The van der Waals surface area contributed by atoms with Crippen molar-refractivity contribution in [2.45, 2.75) is 24.4 Å². The van der Waals surface area contributed by atoms with E-state index in [1.807, 2.05) is 0 Å². The van der Waals surface area contributed by atoms with Crippen LogP contribution in [0.1, 0.15) is 24.2 Å². The Morgan fingerprint density at radius 1 is 1.37 bits per heavy atom. The van der Waals surface area contributed by atoms with Crippen LogP contribution in [0.2, 0.25) is 0 Å². The molecular formula is C10H13N3O5S. The Bertz CT molecular complexity index is 607. The molecule has 0 aromatic carbocycles. The molecule has 0 aliphatic rings. The van der Waals surface area contributed by atoms with Gasteiger partial charge in [-0.25, -0.2) is 18.2 Å². The first kappa shape index (κ1) is 15.1. The maximum atomic E-state index is 11.9. The highest BCUT2D eigenvalue weighted by molar-refractivity contribution is 7.89. The molecule has 4 N–H and O–H groups in total. The quantitative estimate of drug-likeness (QED) is 0.655. The van der Waals surface area contributed by atoms with Crippen molar-refractivity contribution in [2.24, 2.45) is 5.73 Å². The molecule has 9 heteroatoms. The summed E-state index contributed by atoms with van der Waals surface area (Å²) in [5.74, 6) is -2.07. The number of carbonyl (C=O) groups excluding carboxylic acids is 1. The second kappa shape index (κ2) is 4.94. The third-order valence-corrected chi connectivity index (χ3v) is 3.84. The number of hydrogen-bond acceptors (Lipinski definition) is 5. The summed E-state index contributed by atoms with van der Waals surface area (Å²) in [6.45, 7) is 2.61. The lowest BCUT2D eigenvalue weighted by Crippen LogP contribution is -2.52. The van der Waals surface area contributed by atoms with E-state index >= 15 is 0 Å². The number of primary amides is 1. The first-order chi connectivity index (χ1) is 8.56. The van der Waals surface area contributed by atoms with Gasteiger partial charge in [0.2, 0.25) is 5.91 Å². The van der Waals surface area contributed by atoms with Crippen LogP contribution in [0, 0.1) is 0 Å². The molecule has 104 valence electrons. The molecule has 1 heterocycles. The number of aromatic nitrogens is 1. The highest BCUT2D eigenvalue weighted by atomic mass is 32.2. The Hall–Kier alpha value is -2.00. The fraction of sp³-hybridized carbons (Fsp3) is 0.300. The summed E-state index contributed by atoms with van der Waals surface area (Å²) in [5, 5.41) is 8.28. The van der Waals surface area contributed by atoms with Crippen molar-refractivity contribution in [3.8, 4) is 0 Å². The topological polar surface area (TPSA) is 139 Å². The monoisotopic (exact) mass is 287 g/mol. The summed E-state index contributed by atoms with van der Waals surface area (Å²) in [6.07, 6.45) is 0.911. The van der Waals surface area contributed by atoms with Gasteiger partial charge in [-0.1, -0.05) is 0 Å². The van der Waals surface area contributed by atoms with Gasteiger partial charge in [-0.2, -0.15) is 4.72 Å². The molecule has 1 rings (SSSR count). The molecule has 0 atom stereocenters. The number of nitrogens with zero attached hydrogens (tertiary/aromatic N) is 1. The van der Waals surface area contributed by atoms with Crippen LogP contribution in [0.5, 0.6) is 0 Å². The number of carbonyl (C=O) groups is 2. The minimum absolute atomic E-state index is 0.145. The van der Waals surface area contributed by atoms with Gasteiger partial charge < -0.3 is 10.8 Å². The van der Waals surface area contributed by atoms with Crippen molar-refractivity contribution in [1.29, 1.82) is 0 Å². The van der Waals surface area contributed by atoms with E-state index in [2.05, 4.69) is 9.71 Å². The predicted octanol–water partition coefficient (Wildman–Crippen LogP) is -0.678. The minimum atomic E-state index is -4.06. The molecule has 8 nitrogen and oxygen atoms in total. The van der Waals surface area contributed by atoms with Crippen molar-refractivity contribution in [3.05, 3.63) is 23.9 Å². The van der Waals surface area contributed by atoms with E-state index in [1.165, 1.54) is 13.8 Å². The van der Waals surface area contributed by atoms with Gasteiger partial charge in [0, 0.05) is 6.20 Å². The van der Waals surface area contributed by atoms with E-state index in [4.69, 9.17) is 10.8 Å². The lowest BCUT2D eigenvalue weighted by Gasteiger charge is -2.21. The van der Waals surface area contributed by atoms with Crippen molar-refractivity contribution in [2.75, 3.05) is 0 Å². The SMILES string of the molecule is CC(C)(NS(=O)(=O)c1ccc(C(=O)O)cn1)C(N)=O. The maximum Gasteiger partial charge on any atom is 0.337 e. The molecule has 1 aromatic heterocycles. The molecule has 1 amide bonds. The van der Waals surface area contributed by atoms with E-state index in [0.717, 1.165) is 18.3 Å². The zero-order chi connectivity index (χ0) is 14.8. The van der Waals surface area contributed by atoms with Crippen molar-refractivity contribution in [1.82, 2.24) is 9.71 Å². The summed E-state index contributed by atoms with van der Waals surface area (Å²) in [7, 11) is -4.06. The van der Waals surface area contributed by atoms with Gasteiger partial charge in [-0.15, -0.1) is 0 Å². The molecule has 0 bridgehead atoms. The van der Waals surface area contributed by atoms with Crippen LogP contribution in [0.4, 0.5) is 0 Å². The fourth-order valence-electron chi connectivity index (χ4n) is 1.10. The van der Waals surface area contributed by atoms with Crippen LogP contribution in [-0.2, 0) is 14.8 Å². The van der Waals surface area contributed by atoms with Crippen LogP contribution in [0.25, 0.3) is 0 Å². The molecule has 0 aliphatic heterocycles. The summed E-state index contributed by atoms with van der Waals surface area (Å²) in [4.78, 5) is 25.2. The van der Waals surface area contributed by atoms with Gasteiger partial charge in [-0.05, 0) is 26.0 Å². The van der Waals surface area contributed by atoms with E-state index in [0.29, 0.717) is 0 Å². The number of aromatic carboxylic acids is 1. The van der Waals surface area contributed by atoms with Crippen LogP contribution in [-0.4, -0.2) is 35.9 Å². The van der Waals surface area contributed by atoms with Crippen molar-refractivity contribution < 1.29 is 23.1 Å². The van der Waals surface area contributed by atoms with Gasteiger partial charge >= 0.3 is 5.97 Å². The lowest BCUT2D eigenvalue weighted by atomic mass is 10.1. The first-order valence-corrected chi connectivity index (χ1v) is 6.58. The molecule has 19 heavy (non-hydrogen) atoms. The van der Waals surface area contributed by atoms with Crippen molar-refractivity contribution in [3.63, 3.8) is 0 Å². The molecular weight excluding hydrogens is 274 g/mol. The molecule has 0 aliphatic carbocycles. The standard InChI is InChI=1S/C10H13N3O5S/c1-10(2,9(11)16)13-19(17,18)7-4-3-6(5-12-7)8(14)15/h3-5,13H,1-2H3,(H2,11,16)(H,14,15). The highest BCUT2D eigenvalue weighted by Crippen LogP contribution is 2.11. The third kappa shape index (κ3) is 3.48. The minimum Gasteiger partial charge on any atom is -0.478 e. The van der Waals surface area contributed by atoms with E-state index in [1.54, 1.807) is 0 Å². The van der Waals surface area contributed by atoms with E-state index in [9.17, 15) is 18.0 Å². The number of sulfonamides is 1. The largest absolute Gasteiger partial charge is 0.478 e. The smallest absolute Gasteiger partial charge is 0.337 e. The molecule has 0 fully saturated rings. The zero-order valence-corrected chi connectivity index (χ0v) is 11.1. The second-order valence-electron chi connectivity index (χ2n) is 4.29. The normalized spacial score (nSPS) is 12.1. The number of amides is 1. The fourth-order valence-corrected chi connectivity index (χ4v) is 2.42. The third-order valence-electron chi connectivity index (χ3n) is 2.26. The number of carboxylic acids is 1. The number of nitrogens with two attached hydrogens (primary N) is 1. The molecule has 1 aromatic rings. The number of pyridine rings is 1. The number of rotatable bonds is 5. The number of nitrogens with one attached hydrogen (secondary N) is 1. The average Bonchev–Trinajstić information content (AvgIpc) is 2.27. The van der Waals surface area contributed by atoms with Crippen LogP contribution in [0.15, 0.2) is 23.4 Å². The summed E-state index contributed by atoms with van der Waals surface area (Å²) in [6, 6.07) is 2.13. The Kier molecular flexibility index (Phi) is 3.91. The van der Waals surface area contributed by atoms with Crippen LogP contribution >= 0.6 is 0 Å². The summed E-state index contributed by atoms with van der Waals surface area (Å²) in [5.41, 5.74) is 3.43. The Morgan fingerprint density at radius 2 is 1.95 bits per heavy atom. The van der Waals surface area contributed by atoms with E-state index < -0.39 is 32.5 Å². The Morgan fingerprint density at radius 3 is 2.32 bits per heavy atom. The molecule has 0 spiro atoms.